The van der Waals surface area contributed by atoms with Gasteiger partial charge in [-0.15, -0.1) is 0 Å². The fraction of sp³-hybridized carbons (Fsp3) is 0.333. The number of imide groups is 1. The second kappa shape index (κ2) is 7.06. The lowest BCUT2D eigenvalue weighted by Gasteiger charge is -2.28. The van der Waals surface area contributed by atoms with Crippen molar-refractivity contribution >= 4 is 28.9 Å². The number of methoxy groups -OCH3 is 1. The summed E-state index contributed by atoms with van der Waals surface area (Å²) in [6.07, 6.45) is 3.37. The number of benzene rings is 1. The fourth-order valence-corrected chi connectivity index (χ4v) is 4.64. The smallest absolute Gasteiger partial charge is 0.322 e. The molecule has 168 valence electrons. The first-order valence-corrected chi connectivity index (χ1v) is 10.9. The molecule has 6 rings (SSSR count). The third-order valence-electron chi connectivity index (χ3n) is 6.61. The monoisotopic (exact) mass is 446 g/mol. The molecular weight excluding hydrogens is 424 g/mol. The number of urea groups is 1. The van der Waals surface area contributed by atoms with Gasteiger partial charge in [0.25, 0.3) is 11.8 Å². The largest absolute Gasteiger partial charge is 0.497 e. The summed E-state index contributed by atoms with van der Waals surface area (Å²) < 4.78 is 11.2. The Morgan fingerprint density at radius 1 is 1.18 bits per heavy atom. The van der Waals surface area contributed by atoms with Crippen LogP contribution in [0.15, 0.2) is 40.8 Å². The quantitative estimate of drug-likeness (QED) is 0.563. The molecule has 2 aliphatic heterocycles. The Hall–Kier alpha value is -3.88. The lowest BCUT2D eigenvalue weighted by molar-refractivity contribution is -0.125. The number of fused-ring (bicyclic) bond motifs is 2. The van der Waals surface area contributed by atoms with Gasteiger partial charge in [0.1, 0.15) is 17.0 Å². The molecule has 1 aliphatic carbocycles. The van der Waals surface area contributed by atoms with E-state index in [0.29, 0.717) is 34.9 Å². The molecule has 3 aromatic rings. The van der Waals surface area contributed by atoms with Crippen LogP contribution in [-0.4, -0.2) is 41.4 Å². The number of furan rings is 1. The highest BCUT2D eigenvalue weighted by Gasteiger charge is 2.53. The van der Waals surface area contributed by atoms with Gasteiger partial charge in [0.15, 0.2) is 11.1 Å². The average molecular weight is 446 g/mol. The van der Waals surface area contributed by atoms with Crippen molar-refractivity contribution in [1.29, 1.82) is 0 Å². The van der Waals surface area contributed by atoms with E-state index < -0.39 is 17.5 Å². The van der Waals surface area contributed by atoms with E-state index in [1.807, 2.05) is 18.2 Å². The minimum atomic E-state index is -1.55. The van der Waals surface area contributed by atoms with Gasteiger partial charge in [-0.2, -0.15) is 0 Å². The molecule has 9 nitrogen and oxygen atoms in total. The summed E-state index contributed by atoms with van der Waals surface area (Å²) in [4.78, 5) is 44.6. The van der Waals surface area contributed by atoms with Crippen LogP contribution in [-0.2, 0) is 23.3 Å². The number of pyridine rings is 1. The molecule has 1 aromatic carbocycles. The van der Waals surface area contributed by atoms with Gasteiger partial charge >= 0.3 is 6.03 Å². The fourth-order valence-electron chi connectivity index (χ4n) is 4.64. The van der Waals surface area contributed by atoms with Crippen molar-refractivity contribution in [3.8, 4) is 5.75 Å². The Kier molecular flexibility index (Phi) is 4.23. The molecule has 1 atom stereocenters. The number of hydrogen-bond acceptors (Lipinski definition) is 6. The summed E-state index contributed by atoms with van der Waals surface area (Å²) in [7, 11) is 1.54. The summed E-state index contributed by atoms with van der Waals surface area (Å²) in [6, 6.07) is 10.1. The Bertz CT molecular complexity index is 1330. The number of aromatic nitrogens is 1. The summed E-state index contributed by atoms with van der Waals surface area (Å²) >= 11 is 0. The van der Waals surface area contributed by atoms with Crippen LogP contribution < -0.4 is 15.4 Å². The predicted molar refractivity (Wildman–Crippen MR) is 117 cm³/mol. The Morgan fingerprint density at radius 3 is 2.76 bits per heavy atom. The molecule has 9 heteroatoms. The number of ether oxygens (including phenoxy) is 1. The standard InChI is InChI=1S/C24H22N4O5/c1-32-16-6-4-14-11-28(21(29)17(14)9-16)12-24(22(30)26-23(31)27-24)20-10-18-19(33-20)7-5-15(25-18)8-13-2-3-13/h4-7,9-10,13H,2-3,8,11-12H2,1H3,(H2,26,27,30,31)/t24-/m0/s1. The molecule has 2 aromatic heterocycles. The summed E-state index contributed by atoms with van der Waals surface area (Å²) in [5.74, 6) is 0.715. The van der Waals surface area contributed by atoms with E-state index in [0.717, 1.165) is 17.7 Å². The molecule has 1 saturated heterocycles. The minimum Gasteiger partial charge on any atom is -0.497 e. The van der Waals surface area contributed by atoms with Crippen LogP contribution in [0.25, 0.3) is 11.1 Å². The van der Waals surface area contributed by atoms with Gasteiger partial charge in [0.05, 0.1) is 13.7 Å². The molecule has 2 fully saturated rings. The molecule has 1 saturated carbocycles. The van der Waals surface area contributed by atoms with Crippen molar-refractivity contribution in [1.82, 2.24) is 20.5 Å². The molecular formula is C24H22N4O5. The zero-order valence-electron chi connectivity index (χ0n) is 18.0. The molecule has 4 amide bonds. The number of carbonyl (C=O) groups is 3. The average Bonchev–Trinajstić information content (AvgIpc) is 3.31. The molecule has 0 spiro atoms. The number of hydrogen-bond donors (Lipinski definition) is 2. The summed E-state index contributed by atoms with van der Waals surface area (Å²) in [5.41, 5.74) is 1.93. The first-order valence-electron chi connectivity index (χ1n) is 10.9. The highest BCUT2D eigenvalue weighted by molar-refractivity contribution is 6.08. The van der Waals surface area contributed by atoms with Crippen LogP contribution in [0, 0.1) is 5.92 Å². The van der Waals surface area contributed by atoms with Crippen LogP contribution in [0.1, 0.15) is 40.2 Å². The maximum Gasteiger partial charge on any atom is 0.322 e. The number of amides is 4. The Labute approximate surface area is 189 Å². The van der Waals surface area contributed by atoms with Gasteiger partial charge < -0.3 is 19.4 Å². The second-order valence-corrected chi connectivity index (χ2v) is 8.94. The van der Waals surface area contributed by atoms with Crippen molar-refractivity contribution < 1.29 is 23.5 Å². The van der Waals surface area contributed by atoms with E-state index >= 15 is 0 Å². The zero-order valence-corrected chi connectivity index (χ0v) is 18.0. The molecule has 4 heterocycles. The maximum absolute atomic E-state index is 13.1. The zero-order chi connectivity index (χ0) is 22.7. The van der Waals surface area contributed by atoms with Crippen LogP contribution in [0.2, 0.25) is 0 Å². The van der Waals surface area contributed by atoms with Crippen LogP contribution >= 0.6 is 0 Å². The third kappa shape index (κ3) is 3.23. The number of carbonyl (C=O) groups excluding carboxylic acids is 3. The topological polar surface area (TPSA) is 114 Å². The van der Waals surface area contributed by atoms with Crippen molar-refractivity contribution in [2.45, 2.75) is 31.3 Å². The van der Waals surface area contributed by atoms with E-state index in [4.69, 9.17) is 9.15 Å². The van der Waals surface area contributed by atoms with Crippen LogP contribution in [0.3, 0.4) is 0 Å². The van der Waals surface area contributed by atoms with E-state index in [-0.39, 0.29) is 18.2 Å². The number of rotatable bonds is 6. The van der Waals surface area contributed by atoms with E-state index in [9.17, 15) is 14.4 Å². The molecule has 33 heavy (non-hydrogen) atoms. The number of nitrogens with zero attached hydrogens (tertiary/aromatic N) is 2. The van der Waals surface area contributed by atoms with Gasteiger partial charge in [-0.05, 0) is 55.0 Å². The molecule has 0 bridgehead atoms. The Morgan fingerprint density at radius 2 is 2.03 bits per heavy atom. The van der Waals surface area contributed by atoms with Crippen molar-refractivity contribution in [3.05, 3.63) is 59.0 Å². The van der Waals surface area contributed by atoms with E-state index in [2.05, 4.69) is 15.6 Å². The molecule has 0 unspecified atom stereocenters. The van der Waals surface area contributed by atoms with Gasteiger partial charge in [-0.25, -0.2) is 9.78 Å². The Balaban J connectivity index is 1.36. The van der Waals surface area contributed by atoms with Gasteiger partial charge in [-0.3, -0.25) is 14.9 Å². The predicted octanol–water partition coefficient (Wildman–Crippen LogP) is 2.48. The second-order valence-electron chi connectivity index (χ2n) is 8.94. The highest BCUT2D eigenvalue weighted by atomic mass is 16.5. The first-order chi connectivity index (χ1) is 15.9. The lowest BCUT2D eigenvalue weighted by atomic mass is 9.95. The molecule has 2 N–H and O–H groups in total. The summed E-state index contributed by atoms with van der Waals surface area (Å²) in [5, 5.41) is 5.01. The summed E-state index contributed by atoms with van der Waals surface area (Å²) in [6.45, 7) is 0.238. The molecule has 0 radical (unpaired) electrons. The third-order valence-corrected chi connectivity index (χ3v) is 6.61. The minimum absolute atomic E-state index is 0.0743. The van der Waals surface area contributed by atoms with E-state index in [1.54, 1.807) is 18.2 Å². The molecule has 3 aliphatic rings. The van der Waals surface area contributed by atoms with Crippen molar-refractivity contribution in [3.63, 3.8) is 0 Å². The SMILES string of the molecule is COc1ccc2c(c1)C(=O)N(C[C@@]1(c3cc4nc(CC5CC5)ccc4o3)NC(=O)NC1=O)C2. The number of nitrogens with one attached hydrogen (secondary N) is 2. The van der Waals surface area contributed by atoms with Crippen LogP contribution in [0.4, 0.5) is 4.79 Å². The first kappa shape index (κ1) is 19.8. The van der Waals surface area contributed by atoms with Gasteiger partial charge in [-0.1, -0.05) is 6.07 Å². The van der Waals surface area contributed by atoms with E-state index in [1.165, 1.54) is 24.9 Å². The van der Waals surface area contributed by atoms with Gasteiger partial charge in [0, 0.05) is 23.9 Å². The normalized spacial score (nSPS) is 22.0. The van der Waals surface area contributed by atoms with Crippen LogP contribution in [0.5, 0.6) is 5.75 Å². The van der Waals surface area contributed by atoms with Crippen molar-refractivity contribution in [2.75, 3.05) is 13.7 Å². The maximum atomic E-state index is 13.1. The lowest BCUT2D eigenvalue weighted by Crippen LogP contribution is -2.52. The van der Waals surface area contributed by atoms with Crippen molar-refractivity contribution in [2.24, 2.45) is 5.92 Å². The highest BCUT2D eigenvalue weighted by Crippen LogP contribution is 2.36. The van der Waals surface area contributed by atoms with Gasteiger partial charge in [0.2, 0.25) is 0 Å².